The van der Waals surface area contributed by atoms with Crippen molar-refractivity contribution >= 4 is 5.91 Å². The molecule has 0 N–H and O–H groups in total. The Hall–Kier alpha value is -3.04. The molecule has 1 aliphatic heterocycles. The maximum absolute atomic E-state index is 13.1. The van der Waals surface area contributed by atoms with E-state index in [1.54, 1.807) is 13.1 Å². The molecule has 1 fully saturated rings. The van der Waals surface area contributed by atoms with Crippen molar-refractivity contribution in [3.63, 3.8) is 0 Å². The highest BCUT2D eigenvalue weighted by molar-refractivity contribution is 5.90. The minimum Gasteiger partial charge on any atom is -0.437 e. The van der Waals surface area contributed by atoms with Crippen LogP contribution in [0.2, 0.25) is 0 Å². The fourth-order valence-corrected chi connectivity index (χ4v) is 3.11. The normalized spacial score (nSPS) is 15.3. The van der Waals surface area contributed by atoms with Crippen LogP contribution in [0, 0.1) is 6.92 Å². The maximum Gasteiger partial charge on any atom is 0.433 e. The molecule has 0 bridgehead atoms. The average molecular weight is 410 g/mol. The van der Waals surface area contributed by atoms with E-state index in [9.17, 15) is 22.4 Å². The molecular weight excluding hydrogens is 392 g/mol. The largest absolute Gasteiger partial charge is 0.437 e. The number of rotatable bonds is 4. The van der Waals surface area contributed by atoms with Crippen molar-refractivity contribution in [1.82, 2.24) is 19.9 Å². The molecular formula is C19H18F4N4O2. The van der Waals surface area contributed by atoms with Gasteiger partial charge in [0.1, 0.15) is 17.3 Å². The lowest BCUT2D eigenvalue weighted by atomic mass is 9.90. The Morgan fingerprint density at radius 3 is 2.45 bits per heavy atom. The second-order valence-corrected chi connectivity index (χ2v) is 6.63. The van der Waals surface area contributed by atoms with Gasteiger partial charge in [-0.3, -0.25) is 4.79 Å². The van der Waals surface area contributed by atoms with Crippen LogP contribution in [-0.2, 0) is 11.0 Å². The topological polar surface area (TPSA) is 68.2 Å². The van der Waals surface area contributed by atoms with Crippen molar-refractivity contribution < 1.29 is 27.1 Å². The number of aryl methyl sites for hydroxylation is 1. The Labute approximate surface area is 164 Å². The molecule has 0 aromatic carbocycles. The van der Waals surface area contributed by atoms with E-state index in [0.29, 0.717) is 37.3 Å². The van der Waals surface area contributed by atoms with Gasteiger partial charge in [0.05, 0.1) is 6.20 Å². The van der Waals surface area contributed by atoms with Crippen LogP contribution in [0.15, 0.2) is 36.9 Å². The molecule has 10 heteroatoms. The Bertz CT molecular complexity index is 907. The second-order valence-electron chi connectivity index (χ2n) is 6.63. The molecule has 1 amide bonds. The highest BCUT2D eigenvalue weighted by Gasteiger charge is 2.32. The monoisotopic (exact) mass is 410 g/mol. The van der Waals surface area contributed by atoms with Crippen molar-refractivity contribution in [2.24, 2.45) is 0 Å². The summed E-state index contributed by atoms with van der Waals surface area (Å²) in [6.07, 6.45) is -0.880. The maximum atomic E-state index is 13.1. The molecule has 0 atom stereocenters. The summed E-state index contributed by atoms with van der Waals surface area (Å²) in [5.74, 6) is -1.01. The smallest absolute Gasteiger partial charge is 0.433 e. The first kappa shape index (κ1) is 20.7. The molecule has 3 heterocycles. The minimum atomic E-state index is -4.54. The number of hydrogen-bond acceptors (Lipinski definition) is 5. The molecule has 1 aliphatic rings. The van der Waals surface area contributed by atoms with E-state index in [0.717, 1.165) is 12.3 Å². The van der Waals surface area contributed by atoms with Crippen LogP contribution in [0.1, 0.15) is 35.8 Å². The van der Waals surface area contributed by atoms with Gasteiger partial charge in [0, 0.05) is 24.8 Å². The zero-order valence-corrected chi connectivity index (χ0v) is 15.5. The number of aromatic nitrogens is 3. The number of carbonyl (C=O) groups is 1. The number of nitrogens with zero attached hydrogens (tertiary/aromatic N) is 4. The molecule has 2 aromatic rings. The SMILES string of the molecule is C=C(F)C(=O)N1CCC(c2cnc(C)nc2Oc2ccc(C(F)(F)F)nc2)CC1. The van der Waals surface area contributed by atoms with E-state index in [1.807, 2.05) is 0 Å². The number of carbonyl (C=O) groups excluding carboxylic acids is 1. The van der Waals surface area contributed by atoms with E-state index in [2.05, 4.69) is 21.5 Å². The number of alkyl halides is 3. The van der Waals surface area contributed by atoms with Gasteiger partial charge >= 0.3 is 6.18 Å². The molecule has 6 nitrogen and oxygen atoms in total. The zero-order chi connectivity index (χ0) is 21.2. The Morgan fingerprint density at radius 2 is 1.90 bits per heavy atom. The number of hydrogen-bond donors (Lipinski definition) is 0. The number of halogens is 4. The first-order valence-electron chi connectivity index (χ1n) is 8.83. The van der Waals surface area contributed by atoms with Gasteiger partial charge in [-0.25, -0.2) is 14.4 Å². The molecule has 3 rings (SSSR count). The number of likely N-dealkylation sites (tertiary alicyclic amines) is 1. The quantitative estimate of drug-likeness (QED) is 0.559. The lowest BCUT2D eigenvalue weighted by Crippen LogP contribution is -2.38. The van der Waals surface area contributed by atoms with Crippen LogP contribution < -0.4 is 4.74 Å². The van der Waals surface area contributed by atoms with Crippen molar-refractivity contribution in [3.8, 4) is 11.6 Å². The van der Waals surface area contributed by atoms with Crippen LogP contribution >= 0.6 is 0 Å². The second kappa shape index (κ2) is 8.14. The summed E-state index contributed by atoms with van der Waals surface area (Å²) in [4.78, 5) is 24.9. The Kier molecular flexibility index (Phi) is 5.81. The van der Waals surface area contributed by atoms with Crippen LogP contribution in [-0.4, -0.2) is 38.8 Å². The summed E-state index contributed by atoms with van der Waals surface area (Å²) < 4.78 is 56.7. The molecule has 0 radical (unpaired) electrons. The predicted octanol–water partition coefficient (Wildman–Crippen LogP) is 4.18. The highest BCUT2D eigenvalue weighted by Crippen LogP contribution is 2.35. The van der Waals surface area contributed by atoms with Gasteiger partial charge in [0.15, 0.2) is 5.83 Å². The number of ether oxygens (including phenoxy) is 1. The summed E-state index contributed by atoms with van der Waals surface area (Å²) in [5.41, 5.74) is -0.350. The zero-order valence-electron chi connectivity index (χ0n) is 15.5. The molecule has 29 heavy (non-hydrogen) atoms. The van der Waals surface area contributed by atoms with Crippen LogP contribution in [0.4, 0.5) is 17.6 Å². The summed E-state index contributed by atoms with van der Waals surface area (Å²) >= 11 is 0. The predicted molar refractivity (Wildman–Crippen MR) is 94.9 cm³/mol. The van der Waals surface area contributed by atoms with Gasteiger partial charge in [-0.1, -0.05) is 6.58 Å². The standard InChI is InChI=1S/C19H18F4N4O2/c1-11(20)18(28)27-7-5-13(6-8-27)15-10-24-12(2)26-17(15)29-14-3-4-16(25-9-14)19(21,22)23/h3-4,9-10,13H,1,5-8H2,2H3. The van der Waals surface area contributed by atoms with E-state index in [-0.39, 0.29) is 17.5 Å². The Balaban J connectivity index is 1.77. The fraction of sp³-hybridized carbons (Fsp3) is 0.368. The number of pyridine rings is 1. The average Bonchev–Trinajstić information content (AvgIpc) is 2.67. The molecule has 154 valence electrons. The molecule has 2 aromatic heterocycles. The van der Waals surface area contributed by atoms with Crippen LogP contribution in [0.25, 0.3) is 0 Å². The lowest BCUT2D eigenvalue weighted by molar-refractivity contribution is -0.141. The summed E-state index contributed by atoms with van der Waals surface area (Å²) in [6, 6.07) is 2.00. The van der Waals surface area contributed by atoms with Crippen molar-refractivity contribution in [3.05, 3.63) is 54.0 Å². The Morgan fingerprint density at radius 1 is 1.21 bits per heavy atom. The molecule has 0 saturated carbocycles. The summed E-state index contributed by atoms with van der Waals surface area (Å²) in [5, 5.41) is 0. The number of piperidine rings is 1. The molecule has 0 spiro atoms. The minimum absolute atomic E-state index is 0.0510. The summed E-state index contributed by atoms with van der Waals surface area (Å²) in [6.45, 7) is 5.36. The first-order valence-corrected chi connectivity index (χ1v) is 8.83. The van der Waals surface area contributed by atoms with Crippen molar-refractivity contribution in [2.75, 3.05) is 13.1 Å². The van der Waals surface area contributed by atoms with Gasteiger partial charge in [0.2, 0.25) is 5.88 Å². The third kappa shape index (κ3) is 4.87. The van der Waals surface area contributed by atoms with Crippen LogP contribution in [0.5, 0.6) is 11.6 Å². The van der Waals surface area contributed by atoms with Gasteiger partial charge in [-0.05, 0) is 37.8 Å². The van der Waals surface area contributed by atoms with Crippen LogP contribution in [0.3, 0.4) is 0 Å². The lowest BCUT2D eigenvalue weighted by Gasteiger charge is -2.32. The molecule has 0 unspecified atom stereocenters. The third-order valence-corrected chi connectivity index (χ3v) is 4.60. The van der Waals surface area contributed by atoms with E-state index in [1.165, 1.54) is 11.0 Å². The van der Waals surface area contributed by atoms with E-state index in [4.69, 9.17) is 4.74 Å². The van der Waals surface area contributed by atoms with Gasteiger partial charge in [0.25, 0.3) is 5.91 Å². The van der Waals surface area contributed by atoms with E-state index >= 15 is 0 Å². The van der Waals surface area contributed by atoms with Crippen molar-refractivity contribution in [1.29, 1.82) is 0 Å². The number of amides is 1. The van der Waals surface area contributed by atoms with Gasteiger partial charge < -0.3 is 9.64 Å². The summed E-state index contributed by atoms with van der Waals surface area (Å²) in [7, 11) is 0. The molecule has 0 aliphatic carbocycles. The molecule has 1 saturated heterocycles. The van der Waals surface area contributed by atoms with E-state index < -0.39 is 23.6 Å². The van der Waals surface area contributed by atoms with Gasteiger partial charge in [-0.2, -0.15) is 18.2 Å². The van der Waals surface area contributed by atoms with Gasteiger partial charge in [-0.15, -0.1) is 0 Å². The first-order chi connectivity index (χ1) is 13.6. The highest BCUT2D eigenvalue weighted by atomic mass is 19.4. The fourth-order valence-electron chi connectivity index (χ4n) is 3.11. The van der Waals surface area contributed by atoms with Crippen molar-refractivity contribution in [2.45, 2.75) is 31.9 Å². The third-order valence-electron chi connectivity index (χ3n) is 4.60.